The second-order valence-electron chi connectivity index (χ2n) is 5.39. The highest BCUT2D eigenvalue weighted by atomic mass is 16.3. The molecular formula is C13H26N2O. The van der Waals surface area contributed by atoms with Crippen LogP contribution in [0.4, 0.5) is 0 Å². The van der Waals surface area contributed by atoms with E-state index in [2.05, 4.69) is 17.1 Å². The van der Waals surface area contributed by atoms with E-state index in [1.54, 1.807) is 0 Å². The molecule has 0 aromatic carbocycles. The third-order valence-corrected chi connectivity index (χ3v) is 4.35. The van der Waals surface area contributed by atoms with Crippen LogP contribution in [-0.4, -0.2) is 47.8 Å². The fourth-order valence-corrected chi connectivity index (χ4v) is 3.17. The van der Waals surface area contributed by atoms with Crippen LogP contribution in [0.1, 0.15) is 45.4 Å². The van der Waals surface area contributed by atoms with Crippen molar-refractivity contribution in [1.82, 2.24) is 10.2 Å². The van der Waals surface area contributed by atoms with Crippen LogP contribution >= 0.6 is 0 Å². The van der Waals surface area contributed by atoms with Crippen molar-refractivity contribution in [2.75, 3.05) is 26.2 Å². The van der Waals surface area contributed by atoms with E-state index in [0.29, 0.717) is 6.04 Å². The van der Waals surface area contributed by atoms with Gasteiger partial charge in [0, 0.05) is 12.6 Å². The van der Waals surface area contributed by atoms with Crippen molar-refractivity contribution in [3.8, 4) is 0 Å². The molecule has 0 aromatic rings. The first-order chi connectivity index (χ1) is 7.74. The molecule has 94 valence electrons. The number of nitrogens with one attached hydrogen (secondary N) is 1. The molecule has 2 N–H and O–H groups in total. The lowest BCUT2D eigenvalue weighted by molar-refractivity contribution is -0.0195. The van der Waals surface area contributed by atoms with Crippen molar-refractivity contribution in [3.05, 3.63) is 0 Å². The van der Waals surface area contributed by atoms with Gasteiger partial charge < -0.3 is 15.3 Å². The standard InChI is InChI=1S/C13H26N2O/c1-2-15-10-5-7-13(16,8-11-15)12-6-3-4-9-14-12/h12,14,16H,2-11H2,1H3. The summed E-state index contributed by atoms with van der Waals surface area (Å²) < 4.78 is 0. The van der Waals surface area contributed by atoms with Gasteiger partial charge in [0.25, 0.3) is 0 Å². The molecular weight excluding hydrogens is 200 g/mol. The molecule has 0 aliphatic carbocycles. The molecule has 2 unspecified atom stereocenters. The Kier molecular flexibility index (Phi) is 4.22. The first-order valence-corrected chi connectivity index (χ1v) is 6.93. The molecule has 2 aliphatic heterocycles. The molecule has 0 amide bonds. The van der Waals surface area contributed by atoms with Gasteiger partial charge in [-0.1, -0.05) is 13.3 Å². The zero-order valence-corrected chi connectivity index (χ0v) is 10.5. The Labute approximate surface area is 99.2 Å². The topological polar surface area (TPSA) is 35.5 Å². The Morgan fingerprint density at radius 3 is 2.81 bits per heavy atom. The summed E-state index contributed by atoms with van der Waals surface area (Å²) in [5.74, 6) is 0. The smallest absolute Gasteiger partial charge is 0.0812 e. The molecule has 0 spiro atoms. The zero-order chi connectivity index (χ0) is 11.4. The van der Waals surface area contributed by atoms with Crippen molar-refractivity contribution in [2.24, 2.45) is 0 Å². The molecule has 2 aliphatic rings. The maximum absolute atomic E-state index is 10.8. The van der Waals surface area contributed by atoms with Gasteiger partial charge in [0.2, 0.25) is 0 Å². The molecule has 2 atom stereocenters. The first kappa shape index (κ1) is 12.3. The number of hydrogen-bond acceptors (Lipinski definition) is 3. The Morgan fingerprint density at radius 1 is 1.25 bits per heavy atom. The second-order valence-corrected chi connectivity index (χ2v) is 5.39. The molecule has 3 heteroatoms. The molecule has 2 rings (SSSR count). The predicted molar refractivity (Wildman–Crippen MR) is 66.6 cm³/mol. The van der Waals surface area contributed by atoms with Crippen molar-refractivity contribution < 1.29 is 5.11 Å². The summed E-state index contributed by atoms with van der Waals surface area (Å²) in [6, 6.07) is 0.345. The molecule has 16 heavy (non-hydrogen) atoms. The number of aliphatic hydroxyl groups is 1. The second kappa shape index (κ2) is 5.48. The minimum Gasteiger partial charge on any atom is -0.388 e. The lowest BCUT2D eigenvalue weighted by Gasteiger charge is -2.38. The molecule has 2 heterocycles. The van der Waals surface area contributed by atoms with E-state index in [-0.39, 0.29) is 0 Å². The fourth-order valence-electron chi connectivity index (χ4n) is 3.17. The Bertz CT molecular complexity index is 216. The van der Waals surface area contributed by atoms with Crippen LogP contribution in [-0.2, 0) is 0 Å². The monoisotopic (exact) mass is 226 g/mol. The normalized spacial score (nSPS) is 38.2. The van der Waals surface area contributed by atoms with Crippen molar-refractivity contribution in [3.63, 3.8) is 0 Å². The Hall–Kier alpha value is -0.120. The number of piperidine rings is 1. The maximum Gasteiger partial charge on any atom is 0.0812 e. The summed E-state index contributed by atoms with van der Waals surface area (Å²) in [6.45, 7) is 6.64. The lowest BCUT2D eigenvalue weighted by Crippen LogP contribution is -2.53. The third-order valence-electron chi connectivity index (χ3n) is 4.35. The highest BCUT2D eigenvalue weighted by Gasteiger charge is 2.38. The van der Waals surface area contributed by atoms with E-state index >= 15 is 0 Å². The highest BCUT2D eigenvalue weighted by molar-refractivity contribution is 4.95. The van der Waals surface area contributed by atoms with Gasteiger partial charge in [0.15, 0.2) is 0 Å². The Morgan fingerprint density at radius 2 is 2.12 bits per heavy atom. The van der Waals surface area contributed by atoms with Crippen LogP contribution < -0.4 is 5.32 Å². The maximum atomic E-state index is 10.8. The van der Waals surface area contributed by atoms with Crippen molar-refractivity contribution in [1.29, 1.82) is 0 Å². The predicted octanol–water partition coefficient (Wildman–Crippen LogP) is 1.37. The van der Waals surface area contributed by atoms with Gasteiger partial charge in [-0.15, -0.1) is 0 Å². The number of likely N-dealkylation sites (tertiary alicyclic amines) is 1. The molecule has 3 nitrogen and oxygen atoms in total. The third kappa shape index (κ3) is 2.76. The molecule has 0 radical (unpaired) electrons. The minimum atomic E-state index is -0.440. The van der Waals surface area contributed by atoms with Crippen LogP contribution in [0.3, 0.4) is 0 Å². The molecule has 2 saturated heterocycles. The zero-order valence-electron chi connectivity index (χ0n) is 10.5. The number of hydrogen-bond donors (Lipinski definition) is 2. The Balaban J connectivity index is 1.94. The van der Waals surface area contributed by atoms with Gasteiger partial charge >= 0.3 is 0 Å². The summed E-state index contributed by atoms with van der Waals surface area (Å²) in [4.78, 5) is 2.46. The lowest BCUT2D eigenvalue weighted by atomic mass is 9.82. The molecule has 0 aromatic heterocycles. The van der Waals surface area contributed by atoms with E-state index in [1.807, 2.05) is 0 Å². The van der Waals surface area contributed by atoms with Crippen LogP contribution in [0.2, 0.25) is 0 Å². The quantitative estimate of drug-likeness (QED) is 0.746. The average Bonchev–Trinajstić information content (AvgIpc) is 2.53. The van der Waals surface area contributed by atoms with Crippen LogP contribution in [0.15, 0.2) is 0 Å². The van der Waals surface area contributed by atoms with Gasteiger partial charge in [-0.2, -0.15) is 0 Å². The van der Waals surface area contributed by atoms with Crippen LogP contribution in [0, 0.1) is 0 Å². The van der Waals surface area contributed by atoms with Gasteiger partial charge in [-0.25, -0.2) is 0 Å². The van der Waals surface area contributed by atoms with E-state index in [4.69, 9.17) is 0 Å². The van der Waals surface area contributed by atoms with Crippen LogP contribution in [0.25, 0.3) is 0 Å². The summed E-state index contributed by atoms with van der Waals surface area (Å²) in [5.41, 5.74) is -0.440. The van der Waals surface area contributed by atoms with Gasteiger partial charge in [0.1, 0.15) is 0 Å². The number of rotatable bonds is 2. The summed E-state index contributed by atoms with van der Waals surface area (Å²) in [7, 11) is 0. The fraction of sp³-hybridized carbons (Fsp3) is 1.00. The van der Waals surface area contributed by atoms with Crippen molar-refractivity contribution in [2.45, 2.75) is 57.1 Å². The molecule has 0 bridgehead atoms. The summed E-state index contributed by atoms with van der Waals surface area (Å²) in [5, 5.41) is 14.3. The average molecular weight is 226 g/mol. The van der Waals surface area contributed by atoms with E-state index in [1.165, 1.54) is 12.8 Å². The largest absolute Gasteiger partial charge is 0.388 e. The summed E-state index contributed by atoms with van der Waals surface area (Å²) >= 11 is 0. The van der Waals surface area contributed by atoms with Gasteiger partial charge in [-0.05, 0) is 51.7 Å². The minimum absolute atomic E-state index is 0.345. The van der Waals surface area contributed by atoms with Gasteiger partial charge in [0.05, 0.1) is 5.60 Å². The van der Waals surface area contributed by atoms with E-state index < -0.39 is 5.60 Å². The SMILES string of the molecule is CCN1CCCC(O)(C2CCCCN2)CC1. The first-order valence-electron chi connectivity index (χ1n) is 6.93. The molecule has 0 saturated carbocycles. The van der Waals surface area contributed by atoms with Crippen molar-refractivity contribution >= 4 is 0 Å². The summed E-state index contributed by atoms with van der Waals surface area (Å²) in [6.07, 6.45) is 6.76. The van der Waals surface area contributed by atoms with Crippen LogP contribution in [0.5, 0.6) is 0 Å². The number of nitrogens with zero attached hydrogens (tertiary/aromatic N) is 1. The molecule has 2 fully saturated rings. The van der Waals surface area contributed by atoms with E-state index in [0.717, 1.165) is 51.9 Å². The highest BCUT2D eigenvalue weighted by Crippen LogP contribution is 2.29. The van der Waals surface area contributed by atoms with Gasteiger partial charge in [-0.3, -0.25) is 0 Å². The van der Waals surface area contributed by atoms with E-state index in [9.17, 15) is 5.11 Å².